The van der Waals surface area contributed by atoms with Gasteiger partial charge in [0.05, 0.1) is 10.5 Å². The van der Waals surface area contributed by atoms with Crippen molar-refractivity contribution in [1.29, 1.82) is 0 Å². The summed E-state index contributed by atoms with van der Waals surface area (Å²) in [4.78, 5) is 22.1. The third-order valence-corrected chi connectivity index (χ3v) is 2.82. The molecule has 0 aromatic heterocycles. The number of nitro benzene ring substituents is 1. The van der Waals surface area contributed by atoms with Crippen molar-refractivity contribution >= 4 is 17.3 Å². The van der Waals surface area contributed by atoms with E-state index in [9.17, 15) is 19.3 Å². The summed E-state index contributed by atoms with van der Waals surface area (Å²) in [7, 11) is 0. The van der Waals surface area contributed by atoms with E-state index < -0.39 is 22.2 Å². The molecule has 0 fully saturated rings. The Bertz CT molecular complexity index is 714. The summed E-state index contributed by atoms with van der Waals surface area (Å²) >= 11 is 0. The average Bonchev–Trinajstić information content (AvgIpc) is 2.43. The fraction of sp³-hybridized carbons (Fsp3) is 0.0714. The number of amides is 1. The van der Waals surface area contributed by atoms with E-state index >= 15 is 0 Å². The molecule has 0 aliphatic carbocycles. The van der Waals surface area contributed by atoms with Gasteiger partial charge in [0.2, 0.25) is 0 Å². The van der Waals surface area contributed by atoms with Gasteiger partial charge in [0.15, 0.2) is 0 Å². The molecule has 0 aliphatic heterocycles. The lowest BCUT2D eigenvalue weighted by Crippen LogP contribution is -2.14. The zero-order valence-corrected chi connectivity index (χ0v) is 11.0. The van der Waals surface area contributed by atoms with E-state index in [2.05, 4.69) is 5.32 Å². The molecule has 0 saturated carbocycles. The van der Waals surface area contributed by atoms with Crippen LogP contribution >= 0.6 is 0 Å². The molecule has 0 unspecified atom stereocenters. The first-order valence-corrected chi connectivity index (χ1v) is 5.93. The number of phenols is 1. The lowest BCUT2D eigenvalue weighted by Gasteiger charge is -2.08. The number of benzene rings is 2. The summed E-state index contributed by atoms with van der Waals surface area (Å²) in [5, 5.41) is 22.3. The number of aromatic hydroxyl groups is 1. The lowest BCUT2D eigenvalue weighted by molar-refractivity contribution is -0.385. The van der Waals surface area contributed by atoms with Crippen LogP contribution in [0, 0.1) is 22.9 Å². The van der Waals surface area contributed by atoms with Crippen molar-refractivity contribution in [2.24, 2.45) is 0 Å². The first kappa shape index (κ1) is 14.4. The highest BCUT2D eigenvalue weighted by Crippen LogP contribution is 2.22. The number of phenolic OH excluding ortho intramolecular Hbond substituents is 1. The van der Waals surface area contributed by atoms with Crippen molar-refractivity contribution in [3.63, 3.8) is 0 Å². The minimum atomic E-state index is -0.808. The number of aryl methyl sites for hydroxylation is 1. The quantitative estimate of drug-likeness (QED) is 0.516. The van der Waals surface area contributed by atoms with Gasteiger partial charge in [-0.1, -0.05) is 0 Å². The maximum atomic E-state index is 13.9. The van der Waals surface area contributed by atoms with Gasteiger partial charge >= 0.3 is 0 Å². The van der Waals surface area contributed by atoms with E-state index in [0.717, 1.165) is 12.1 Å². The topological polar surface area (TPSA) is 92.5 Å². The van der Waals surface area contributed by atoms with Gasteiger partial charge in [0.25, 0.3) is 11.6 Å². The molecule has 21 heavy (non-hydrogen) atoms. The zero-order valence-electron chi connectivity index (χ0n) is 11.0. The summed E-state index contributed by atoms with van der Waals surface area (Å²) < 4.78 is 13.9. The summed E-state index contributed by atoms with van der Waals surface area (Å²) in [5.74, 6) is -1.59. The van der Waals surface area contributed by atoms with Crippen molar-refractivity contribution in [3.05, 3.63) is 63.5 Å². The Balaban J connectivity index is 2.34. The number of non-ortho nitro benzene ring substituents is 1. The molecule has 2 N–H and O–H groups in total. The van der Waals surface area contributed by atoms with Crippen LogP contribution in [0.1, 0.15) is 15.9 Å². The Morgan fingerprint density at radius 1 is 1.29 bits per heavy atom. The summed E-state index contributed by atoms with van der Waals surface area (Å²) in [6, 6.07) is 7.50. The number of nitrogens with one attached hydrogen (secondary N) is 1. The number of carbonyl (C=O) groups is 1. The second-order valence-electron chi connectivity index (χ2n) is 4.38. The minimum absolute atomic E-state index is 0.0139. The van der Waals surface area contributed by atoms with Crippen LogP contribution in [-0.2, 0) is 0 Å². The highest BCUT2D eigenvalue weighted by Gasteiger charge is 2.19. The number of carbonyl (C=O) groups excluding carboxylic acids is 1. The fourth-order valence-electron chi connectivity index (χ4n) is 1.76. The Morgan fingerprint density at radius 3 is 2.48 bits per heavy atom. The third kappa shape index (κ3) is 3.14. The van der Waals surface area contributed by atoms with Gasteiger partial charge in [0.1, 0.15) is 11.6 Å². The van der Waals surface area contributed by atoms with Gasteiger partial charge in [-0.05, 0) is 36.8 Å². The second-order valence-corrected chi connectivity index (χ2v) is 4.38. The predicted octanol–water partition coefficient (Wildman–Crippen LogP) is 3.00. The van der Waals surface area contributed by atoms with Crippen LogP contribution in [0.3, 0.4) is 0 Å². The van der Waals surface area contributed by atoms with Crippen molar-refractivity contribution < 1.29 is 19.2 Å². The molecule has 2 aromatic rings. The summed E-state index contributed by atoms with van der Waals surface area (Å²) in [6.07, 6.45) is 0. The number of hydrogen-bond acceptors (Lipinski definition) is 4. The molecule has 0 radical (unpaired) electrons. The second kappa shape index (κ2) is 5.58. The summed E-state index contributed by atoms with van der Waals surface area (Å²) in [6.45, 7) is 1.35. The molecule has 6 nitrogen and oxygen atoms in total. The van der Waals surface area contributed by atoms with E-state index in [-0.39, 0.29) is 17.0 Å². The van der Waals surface area contributed by atoms with Gasteiger partial charge in [-0.2, -0.15) is 0 Å². The zero-order chi connectivity index (χ0) is 15.6. The largest absolute Gasteiger partial charge is 0.508 e. The van der Waals surface area contributed by atoms with E-state index in [0.29, 0.717) is 5.69 Å². The van der Waals surface area contributed by atoms with Gasteiger partial charge in [-0.25, -0.2) is 4.39 Å². The Hall–Kier alpha value is -2.96. The first-order valence-electron chi connectivity index (χ1n) is 5.93. The van der Waals surface area contributed by atoms with Crippen LogP contribution in [0.15, 0.2) is 36.4 Å². The maximum Gasteiger partial charge on any atom is 0.270 e. The molecular weight excluding hydrogens is 279 g/mol. The molecule has 0 heterocycles. The number of halogens is 1. The molecule has 0 atom stereocenters. The van der Waals surface area contributed by atoms with Crippen molar-refractivity contribution in [1.82, 2.24) is 0 Å². The number of rotatable bonds is 3. The van der Waals surface area contributed by atoms with Crippen LogP contribution in [0.25, 0.3) is 0 Å². The van der Waals surface area contributed by atoms with Crippen molar-refractivity contribution in [2.45, 2.75) is 6.92 Å². The van der Waals surface area contributed by atoms with Crippen LogP contribution < -0.4 is 5.32 Å². The number of nitrogens with zero attached hydrogens (tertiary/aromatic N) is 1. The molecule has 0 aliphatic rings. The molecular formula is C14H11FN2O4. The highest BCUT2D eigenvalue weighted by atomic mass is 19.1. The van der Waals surface area contributed by atoms with Crippen molar-refractivity contribution in [3.8, 4) is 5.75 Å². The van der Waals surface area contributed by atoms with Crippen LogP contribution in [0.4, 0.5) is 15.8 Å². The smallest absolute Gasteiger partial charge is 0.270 e. The molecule has 2 rings (SSSR count). The maximum absolute atomic E-state index is 13.9. The van der Waals surface area contributed by atoms with Crippen molar-refractivity contribution in [2.75, 3.05) is 5.32 Å². The SMILES string of the molecule is Cc1cc([N+](=O)[O-])cc(C(=O)Nc2ccc(O)cc2)c1F. The van der Waals surface area contributed by atoms with E-state index in [1.807, 2.05) is 0 Å². The van der Waals surface area contributed by atoms with Gasteiger partial charge in [-0.3, -0.25) is 14.9 Å². The van der Waals surface area contributed by atoms with Crippen LogP contribution in [0.2, 0.25) is 0 Å². The molecule has 7 heteroatoms. The van der Waals surface area contributed by atoms with E-state index in [4.69, 9.17) is 5.11 Å². The Morgan fingerprint density at radius 2 is 1.90 bits per heavy atom. The third-order valence-electron chi connectivity index (χ3n) is 2.82. The number of nitro groups is 1. The molecule has 108 valence electrons. The molecule has 0 saturated heterocycles. The Labute approximate surface area is 119 Å². The monoisotopic (exact) mass is 290 g/mol. The lowest BCUT2D eigenvalue weighted by atomic mass is 10.1. The molecule has 2 aromatic carbocycles. The van der Waals surface area contributed by atoms with E-state index in [1.165, 1.54) is 31.2 Å². The summed E-state index contributed by atoms with van der Waals surface area (Å²) in [5.41, 5.74) is -0.416. The van der Waals surface area contributed by atoms with Gasteiger partial charge in [-0.15, -0.1) is 0 Å². The fourth-order valence-corrected chi connectivity index (χ4v) is 1.76. The van der Waals surface area contributed by atoms with Gasteiger partial charge < -0.3 is 10.4 Å². The first-order chi connectivity index (χ1) is 9.88. The van der Waals surface area contributed by atoms with E-state index in [1.54, 1.807) is 0 Å². The molecule has 0 bridgehead atoms. The number of hydrogen-bond donors (Lipinski definition) is 2. The molecule has 0 spiro atoms. The molecule has 1 amide bonds. The predicted molar refractivity (Wildman–Crippen MR) is 73.9 cm³/mol. The normalized spacial score (nSPS) is 10.2. The standard InChI is InChI=1S/C14H11FN2O4/c1-8-6-10(17(20)21)7-12(13(8)15)14(19)16-9-2-4-11(18)5-3-9/h2-7,18H,1H3,(H,16,19). The van der Waals surface area contributed by atoms with Crippen LogP contribution in [-0.4, -0.2) is 15.9 Å². The minimum Gasteiger partial charge on any atom is -0.508 e. The average molecular weight is 290 g/mol. The highest BCUT2D eigenvalue weighted by molar-refractivity contribution is 6.05. The van der Waals surface area contributed by atoms with Crippen LogP contribution in [0.5, 0.6) is 5.75 Å². The Kier molecular flexibility index (Phi) is 3.84. The number of anilines is 1. The van der Waals surface area contributed by atoms with Gasteiger partial charge in [0, 0.05) is 17.8 Å².